The van der Waals surface area contributed by atoms with Crippen LogP contribution in [0.4, 0.5) is 0 Å². The van der Waals surface area contributed by atoms with Gasteiger partial charge in [0, 0.05) is 13.1 Å². The number of nitrogens with one attached hydrogen (secondary N) is 2. The van der Waals surface area contributed by atoms with Gasteiger partial charge >= 0.3 is 5.97 Å². The Morgan fingerprint density at radius 2 is 2.24 bits per heavy atom. The number of aliphatic carboxylic acids is 1. The molecule has 17 heavy (non-hydrogen) atoms. The molecule has 0 aromatic carbocycles. The van der Waals surface area contributed by atoms with Crippen LogP contribution in [0.5, 0.6) is 0 Å². The smallest absolute Gasteiger partial charge is 0.326 e. The first kappa shape index (κ1) is 12.3. The molecule has 0 aromatic heterocycles. The van der Waals surface area contributed by atoms with Crippen molar-refractivity contribution in [1.82, 2.24) is 10.6 Å². The van der Waals surface area contributed by atoms with E-state index in [1.165, 1.54) is 0 Å². The molecule has 0 aromatic rings. The second kappa shape index (κ2) is 5.46. The zero-order valence-corrected chi connectivity index (χ0v) is 9.65. The molecule has 2 aliphatic rings. The van der Waals surface area contributed by atoms with Gasteiger partial charge in [0.05, 0.1) is 19.1 Å². The van der Waals surface area contributed by atoms with Crippen molar-refractivity contribution in [2.45, 2.75) is 31.4 Å². The van der Waals surface area contributed by atoms with E-state index in [4.69, 9.17) is 9.84 Å². The highest BCUT2D eigenvalue weighted by atomic mass is 16.5. The SMILES string of the molecule is O=C(CC1CNCCO1)NC(C(=O)O)C1CC1. The Kier molecular flexibility index (Phi) is 3.96. The van der Waals surface area contributed by atoms with Crippen molar-refractivity contribution in [3.05, 3.63) is 0 Å². The average Bonchev–Trinajstić information content (AvgIpc) is 3.11. The standard InChI is InChI=1S/C11H18N2O4/c14-9(5-8-6-12-3-4-17-8)13-10(11(15)16)7-1-2-7/h7-8,10,12H,1-6H2,(H,13,14)(H,15,16). The molecule has 1 aliphatic heterocycles. The summed E-state index contributed by atoms with van der Waals surface area (Å²) in [4.78, 5) is 22.6. The molecule has 2 atom stereocenters. The molecule has 6 heteroatoms. The van der Waals surface area contributed by atoms with Crippen molar-refractivity contribution in [3.8, 4) is 0 Å². The van der Waals surface area contributed by atoms with E-state index in [-0.39, 0.29) is 24.3 Å². The number of amides is 1. The molecule has 6 nitrogen and oxygen atoms in total. The van der Waals surface area contributed by atoms with Crippen LogP contribution in [0.15, 0.2) is 0 Å². The Morgan fingerprint density at radius 1 is 1.47 bits per heavy atom. The van der Waals surface area contributed by atoms with Crippen LogP contribution in [0.2, 0.25) is 0 Å². The van der Waals surface area contributed by atoms with Gasteiger partial charge in [0.1, 0.15) is 6.04 Å². The van der Waals surface area contributed by atoms with Crippen molar-refractivity contribution in [2.75, 3.05) is 19.7 Å². The first-order valence-electron chi connectivity index (χ1n) is 6.01. The molecule has 96 valence electrons. The normalized spacial score (nSPS) is 26.2. The third-order valence-electron chi connectivity index (χ3n) is 3.09. The summed E-state index contributed by atoms with van der Waals surface area (Å²) in [7, 11) is 0. The van der Waals surface area contributed by atoms with E-state index in [1.807, 2.05) is 0 Å². The number of carboxylic acid groups (broad SMARTS) is 1. The van der Waals surface area contributed by atoms with Crippen LogP contribution < -0.4 is 10.6 Å². The second-order valence-electron chi connectivity index (χ2n) is 4.62. The van der Waals surface area contributed by atoms with Crippen molar-refractivity contribution < 1.29 is 19.4 Å². The highest BCUT2D eigenvalue weighted by Gasteiger charge is 2.37. The van der Waals surface area contributed by atoms with E-state index in [2.05, 4.69) is 10.6 Å². The molecule has 0 radical (unpaired) electrons. The van der Waals surface area contributed by atoms with E-state index in [0.29, 0.717) is 13.2 Å². The molecular formula is C11H18N2O4. The lowest BCUT2D eigenvalue weighted by molar-refractivity contribution is -0.143. The lowest BCUT2D eigenvalue weighted by Gasteiger charge is -2.23. The summed E-state index contributed by atoms with van der Waals surface area (Å²) in [5, 5.41) is 14.7. The quantitative estimate of drug-likeness (QED) is 0.596. The molecule has 2 fully saturated rings. The van der Waals surface area contributed by atoms with Gasteiger partial charge in [-0.25, -0.2) is 4.79 Å². The number of carbonyl (C=O) groups is 2. The van der Waals surface area contributed by atoms with Gasteiger partial charge in [0.2, 0.25) is 5.91 Å². The summed E-state index contributed by atoms with van der Waals surface area (Å²) in [6.45, 7) is 2.05. The fourth-order valence-electron chi connectivity index (χ4n) is 2.00. The third-order valence-corrected chi connectivity index (χ3v) is 3.09. The molecule has 1 amide bonds. The lowest BCUT2D eigenvalue weighted by atomic mass is 10.1. The Bertz CT molecular complexity index is 298. The molecule has 3 N–H and O–H groups in total. The zero-order chi connectivity index (χ0) is 12.3. The number of hydrogen-bond donors (Lipinski definition) is 3. The van der Waals surface area contributed by atoms with Crippen LogP contribution in [0.25, 0.3) is 0 Å². The second-order valence-corrected chi connectivity index (χ2v) is 4.62. The molecule has 0 bridgehead atoms. The maximum absolute atomic E-state index is 11.7. The molecule has 0 spiro atoms. The molecule has 2 unspecified atom stereocenters. The van der Waals surface area contributed by atoms with E-state index >= 15 is 0 Å². The van der Waals surface area contributed by atoms with Crippen molar-refractivity contribution >= 4 is 11.9 Å². The lowest BCUT2D eigenvalue weighted by Crippen LogP contribution is -2.46. The minimum Gasteiger partial charge on any atom is -0.480 e. The molecular weight excluding hydrogens is 224 g/mol. The maximum Gasteiger partial charge on any atom is 0.326 e. The first-order valence-corrected chi connectivity index (χ1v) is 6.01. The highest BCUT2D eigenvalue weighted by Crippen LogP contribution is 2.32. The zero-order valence-electron chi connectivity index (χ0n) is 9.65. The summed E-state index contributed by atoms with van der Waals surface area (Å²) in [6.07, 6.45) is 1.86. The van der Waals surface area contributed by atoms with Crippen LogP contribution in [0.1, 0.15) is 19.3 Å². The topological polar surface area (TPSA) is 87.7 Å². The largest absolute Gasteiger partial charge is 0.480 e. The van der Waals surface area contributed by atoms with Crippen molar-refractivity contribution in [1.29, 1.82) is 0 Å². The number of morpholine rings is 1. The number of carbonyl (C=O) groups excluding carboxylic acids is 1. The van der Waals surface area contributed by atoms with Gasteiger partial charge < -0.3 is 20.5 Å². The van der Waals surface area contributed by atoms with Gasteiger partial charge in [-0.1, -0.05) is 0 Å². The number of hydrogen-bond acceptors (Lipinski definition) is 4. The van der Waals surface area contributed by atoms with Gasteiger partial charge in [0.25, 0.3) is 0 Å². The summed E-state index contributed by atoms with van der Waals surface area (Å²) < 4.78 is 5.40. The summed E-state index contributed by atoms with van der Waals surface area (Å²) in [5.41, 5.74) is 0. The highest BCUT2D eigenvalue weighted by molar-refractivity contribution is 5.84. The number of ether oxygens (including phenoxy) is 1. The van der Waals surface area contributed by atoms with Crippen LogP contribution in [0, 0.1) is 5.92 Å². The van der Waals surface area contributed by atoms with E-state index < -0.39 is 12.0 Å². The predicted molar refractivity (Wildman–Crippen MR) is 59.5 cm³/mol. The van der Waals surface area contributed by atoms with Crippen molar-refractivity contribution in [2.24, 2.45) is 5.92 Å². The van der Waals surface area contributed by atoms with Crippen LogP contribution in [0.3, 0.4) is 0 Å². The van der Waals surface area contributed by atoms with E-state index in [0.717, 1.165) is 19.4 Å². The molecule has 1 saturated heterocycles. The Balaban J connectivity index is 1.76. The molecule has 2 rings (SSSR count). The number of carboxylic acids is 1. The Labute approximate surface area is 99.7 Å². The van der Waals surface area contributed by atoms with Crippen LogP contribution >= 0.6 is 0 Å². The van der Waals surface area contributed by atoms with Gasteiger partial charge in [-0.3, -0.25) is 4.79 Å². The van der Waals surface area contributed by atoms with E-state index in [1.54, 1.807) is 0 Å². The predicted octanol–water partition coefficient (Wildman–Crippen LogP) is -0.656. The van der Waals surface area contributed by atoms with Gasteiger partial charge in [0.15, 0.2) is 0 Å². The van der Waals surface area contributed by atoms with Crippen LogP contribution in [-0.4, -0.2) is 48.8 Å². The first-order chi connectivity index (χ1) is 8.16. The molecule has 1 heterocycles. The summed E-state index contributed by atoms with van der Waals surface area (Å²) in [6, 6.07) is -0.723. The van der Waals surface area contributed by atoms with Gasteiger partial charge in [-0.05, 0) is 18.8 Å². The molecule has 1 saturated carbocycles. The molecule has 1 aliphatic carbocycles. The average molecular weight is 242 g/mol. The third kappa shape index (κ3) is 3.67. The fourth-order valence-corrected chi connectivity index (χ4v) is 2.00. The van der Waals surface area contributed by atoms with E-state index in [9.17, 15) is 9.59 Å². The monoisotopic (exact) mass is 242 g/mol. The van der Waals surface area contributed by atoms with Gasteiger partial charge in [-0.15, -0.1) is 0 Å². The fraction of sp³-hybridized carbons (Fsp3) is 0.818. The Hall–Kier alpha value is -1.14. The minimum absolute atomic E-state index is 0.113. The van der Waals surface area contributed by atoms with Gasteiger partial charge in [-0.2, -0.15) is 0 Å². The number of rotatable bonds is 5. The Morgan fingerprint density at radius 3 is 2.76 bits per heavy atom. The minimum atomic E-state index is -0.941. The van der Waals surface area contributed by atoms with Crippen molar-refractivity contribution in [3.63, 3.8) is 0 Å². The van der Waals surface area contributed by atoms with Crippen LogP contribution in [-0.2, 0) is 14.3 Å². The summed E-state index contributed by atoms with van der Waals surface area (Å²) in [5.74, 6) is -1.07. The maximum atomic E-state index is 11.7. The summed E-state index contributed by atoms with van der Waals surface area (Å²) >= 11 is 0.